The molecular formula is C13H12FN3O2. The predicted octanol–water partition coefficient (Wildman–Crippen LogP) is 2.11. The fourth-order valence-corrected chi connectivity index (χ4v) is 1.60. The van der Waals surface area contributed by atoms with Gasteiger partial charge in [-0.25, -0.2) is 9.18 Å². The van der Waals surface area contributed by atoms with Gasteiger partial charge < -0.3 is 16.2 Å². The van der Waals surface area contributed by atoms with Crippen LogP contribution in [0.3, 0.4) is 0 Å². The molecule has 0 saturated heterocycles. The van der Waals surface area contributed by atoms with Gasteiger partial charge in [0.2, 0.25) is 0 Å². The van der Waals surface area contributed by atoms with Crippen molar-refractivity contribution in [2.75, 3.05) is 11.1 Å². The molecular weight excluding hydrogens is 249 g/mol. The predicted molar refractivity (Wildman–Crippen MR) is 69.3 cm³/mol. The van der Waals surface area contributed by atoms with Gasteiger partial charge >= 0.3 is 5.97 Å². The van der Waals surface area contributed by atoms with Crippen LogP contribution in [0.4, 0.5) is 15.8 Å². The number of rotatable bonds is 4. The second-order valence-electron chi connectivity index (χ2n) is 3.90. The molecule has 0 spiro atoms. The first-order valence-electron chi connectivity index (χ1n) is 5.54. The van der Waals surface area contributed by atoms with Gasteiger partial charge in [-0.3, -0.25) is 4.98 Å². The van der Waals surface area contributed by atoms with E-state index >= 15 is 0 Å². The first kappa shape index (κ1) is 12.8. The molecule has 0 fully saturated rings. The number of aromatic carboxylic acids is 1. The first-order chi connectivity index (χ1) is 9.08. The third-order valence-corrected chi connectivity index (χ3v) is 2.56. The maximum Gasteiger partial charge on any atom is 0.337 e. The van der Waals surface area contributed by atoms with Crippen LogP contribution in [0.25, 0.3) is 0 Å². The lowest BCUT2D eigenvalue weighted by Gasteiger charge is -2.09. The highest BCUT2D eigenvalue weighted by Crippen LogP contribution is 2.22. The quantitative estimate of drug-likeness (QED) is 0.733. The van der Waals surface area contributed by atoms with Crippen LogP contribution in [-0.2, 0) is 6.54 Å². The van der Waals surface area contributed by atoms with Crippen molar-refractivity contribution in [2.45, 2.75) is 6.54 Å². The molecule has 0 aliphatic rings. The Morgan fingerprint density at radius 2 is 2.21 bits per heavy atom. The van der Waals surface area contributed by atoms with Gasteiger partial charge in [-0.1, -0.05) is 6.07 Å². The largest absolute Gasteiger partial charge is 0.478 e. The Morgan fingerprint density at radius 1 is 1.42 bits per heavy atom. The van der Waals surface area contributed by atoms with E-state index in [0.717, 1.165) is 11.8 Å². The first-order valence-corrected chi connectivity index (χ1v) is 5.54. The molecule has 0 unspecified atom stereocenters. The average Bonchev–Trinajstić information content (AvgIpc) is 2.38. The summed E-state index contributed by atoms with van der Waals surface area (Å²) in [6.45, 7) is 0.292. The molecule has 0 bridgehead atoms. The lowest BCUT2D eigenvalue weighted by Crippen LogP contribution is -2.08. The smallest absolute Gasteiger partial charge is 0.337 e. The number of benzene rings is 1. The molecule has 0 aliphatic heterocycles. The number of nitrogens with two attached hydrogens (primary N) is 1. The van der Waals surface area contributed by atoms with Crippen molar-refractivity contribution in [1.29, 1.82) is 0 Å². The van der Waals surface area contributed by atoms with Gasteiger partial charge in [0, 0.05) is 11.9 Å². The summed E-state index contributed by atoms with van der Waals surface area (Å²) in [6, 6.07) is 7.53. The molecule has 98 valence electrons. The number of hydrogen-bond acceptors (Lipinski definition) is 4. The standard InChI is InChI=1S/C13H12FN3O2/c14-10-6-11(15)9(13(18)19)5-12(10)17-7-8-3-1-2-4-16-8/h1-6,17H,7,15H2,(H,18,19). The summed E-state index contributed by atoms with van der Waals surface area (Å²) < 4.78 is 13.6. The number of carbonyl (C=O) groups is 1. The Labute approximate surface area is 108 Å². The van der Waals surface area contributed by atoms with Crippen molar-refractivity contribution >= 4 is 17.3 Å². The summed E-state index contributed by atoms with van der Waals surface area (Å²) in [4.78, 5) is 15.0. The third kappa shape index (κ3) is 2.98. The van der Waals surface area contributed by atoms with Crippen LogP contribution < -0.4 is 11.1 Å². The molecule has 2 aromatic rings. The zero-order valence-corrected chi connectivity index (χ0v) is 9.93. The Balaban J connectivity index is 2.21. The molecule has 0 atom stereocenters. The number of carboxylic acid groups (broad SMARTS) is 1. The summed E-state index contributed by atoms with van der Waals surface area (Å²) in [5.41, 5.74) is 6.00. The molecule has 0 aliphatic carbocycles. The number of anilines is 2. The van der Waals surface area contributed by atoms with E-state index in [2.05, 4.69) is 10.3 Å². The maximum atomic E-state index is 13.6. The molecule has 0 saturated carbocycles. The summed E-state index contributed by atoms with van der Waals surface area (Å²) in [5.74, 6) is -1.79. The fourth-order valence-electron chi connectivity index (χ4n) is 1.60. The van der Waals surface area contributed by atoms with Crippen molar-refractivity contribution in [3.05, 3.63) is 53.6 Å². The van der Waals surface area contributed by atoms with E-state index in [1.54, 1.807) is 18.3 Å². The van der Waals surface area contributed by atoms with Gasteiger partial charge in [-0.2, -0.15) is 0 Å². The summed E-state index contributed by atoms with van der Waals surface area (Å²) in [7, 11) is 0. The Hall–Kier alpha value is -2.63. The number of nitrogens with zero attached hydrogens (tertiary/aromatic N) is 1. The van der Waals surface area contributed by atoms with Crippen LogP contribution in [0.2, 0.25) is 0 Å². The van der Waals surface area contributed by atoms with Gasteiger partial charge in [0.1, 0.15) is 5.82 Å². The SMILES string of the molecule is Nc1cc(F)c(NCc2ccccn2)cc1C(=O)O. The highest BCUT2D eigenvalue weighted by Gasteiger charge is 2.13. The van der Waals surface area contributed by atoms with Crippen LogP contribution in [0.1, 0.15) is 16.1 Å². The average molecular weight is 261 g/mol. The summed E-state index contributed by atoms with van der Waals surface area (Å²) >= 11 is 0. The monoisotopic (exact) mass is 261 g/mol. The molecule has 1 aromatic carbocycles. The van der Waals surface area contributed by atoms with E-state index in [1.807, 2.05) is 6.07 Å². The lowest BCUT2D eigenvalue weighted by molar-refractivity contribution is 0.0698. The lowest BCUT2D eigenvalue weighted by atomic mass is 10.1. The van der Waals surface area contributed by atoms with Crippen LogP contribution in [-0.4, -0.2) is 16.1 Å². The number of nitrogen functional groups attached to an aromatic ring is 1. The van der Waals surface area contributed by atoms with E-state index < -0.39 is 11.8 Å². The number of nitrogens with one attached hydrogen (secondary N) is 1. The number of pyridine rings is 1. The van der Waals surface area contributed by atoms with Crippen molar-refractivity contribution in [1.82, 2.24) is 4.98 Å². The fraction of sp³-hybridized carbons (Fsp3) is 0.0769. The van der Waals surface area contributed by atoms with Crippen molar-refractivity contribution in [2.24, 2.45) is 0 Å². The molecule has 0 amide bonds. The van der Waals surface area contributed by atoms with Gasteiger partial charge in [-0.15, -0.1) is 0 Å². The second-order valence-corrected chi connectivity index (χ2v) is 3.90. The van der Waals surface area contributed by atoms with Crippen LogP contribution in [0, 0.1) is 5.82 Å². The highest BCUT2D eigenvalue weighted by atomic mass is 19.1. The topological polar surface area (TPSA) is 88.2 Å². The van der Waals surface area contributed by atoms with Crippen molar-refractivity contribution in [3.63, 3.8) is 0 Å². The van der Waals surface area contributed by atoms with Crippen LogP contribution in [0.15, 0.2) is 36.5 Å². The van der Waals surface area contributed by atoms with Crippen molar-refractivity contribution < 1.29 is 14.3 Å². The number of hydrogen-bond donors (Lipinski definition) is 3. The maximum absolute atomic E-state index is 13.6. The van der Waals surface area contributed by atoms with E-state index in [0.29, 0.717) is 6.54 Å². The van der Waals surface area contributed by atoms with E-state index in [1.165, 1.54) is 6.07 Å². The molecule has 19 heavy (non-hydrogen) atoms. The summed E-state index contributed by atoms with van der Waals surface area (Å²) in [6.07, 6.45) is 1.62. The molecule has 6 heteroatoms. The normalized spacial score (nSPS) is 10.2. The minimum absolute atomic E-state index is 0.0808. The van der Waals surface area contributed by atoms with E-state index in [9.17, 15) is 9.18 Å². The van der Waals surface area contributed by atoms with Gasteiger partial charge in [-0.05, 0) is 24.3 Å². The molecule has 2 rings (SSSR count). The zero-order chi connectivity index (χ0) is 13.8. The van der Waals surface area contributed by atoms with Crippen molar-refractivity contribution in [3.8, 4) is 0 Å². The Kier molecular flexibility index (Phi) is 3.61. The van der Waals surface area contributed by atoms with Crippen LogP contribution >= 0.6 is 0 Å². The zero-order valence-electron chi connectivity index (χ0n) is 9.93. The Bertz CT molecular complexity index is 602. The molecule has 5 nitrogen and oxygen atoms in total. The number of halogens is 1. The second kappa shape index (κ2) is 5.34. The number of aromatic nitrogens is 1. The minimum Gasteiger partial charge on any atom is -0.478 e. The number of carboxylic acids is 1. The van der Waals surface area contributed by atoms with Gasteiger partial charge in [0.05, 0.1) is 23.5 Å². The molecule has 4 N–H and O–H groups in total. The minimum atomic E-state index is -1.20. The van der Waals surface area contributed by atoms with Gasteiger partial charge in [0.25, 0.3) is 0 Å². The summed E-state index contributed by atoms with van der Waals surface area (Å²) in [5, 5.41) is 11.7. The molecule has 1 heterocycles. The van der Waals surface area contributed by atoms with E-state index in [4.69, 9.17) is 10.8 Å². The Morgan fingerprint density at radius 3 is 2.84 bits per heavy atom. The molecule has 0 radical (unpaired) electrons. The van der Waals surface area contributed by atoms with E-state index in [-0.39, 0.29) is 16.9 Å². The molecule has 1 aromatic heterocycles. The third-order valence-electron chi connectivity index (χ3n) is 2.56. The van der Waals surface area contributed by atoms with Crippen LogP contribution in [0.5, 0.6) is 0 Å². The highest BCUT2D eigenvalue weighted by molar-refractivity contribution is 5.94. The van der Waals surface area contributed by atoms with Gasteiger partial charge in [0.15, 0.2) is 0 Å².